The van der Waals surface area contributed by atoms with E-state index in [2.05, 4.69) is 37.9 Å². The van der Waals surface area contributed by atoms with Crippen LogP contribution >= 0.6 is 11.3 Å². The molecule has 1 aromatic heterocycles. The first-order valence-electron chi connectivity index (χ1n) is 10.5. The van der Waals surface area contributed by atoms with Gasteiger partial charge in [0.2, 0.25) is 0 Å². The van der Waals surface area contributed by atoms with Gasteiger partial charge in [-0.2, -0.15) is 0 Å². The third-order valence-corrected chi connectivity index (χ3v) is 6.91. The van der Waals surface area contributed by atoms with Crippen LogP contribution in [-0.2, 0) is 0 Å². The summed E-state index contributed by atoms with van der Waals surface area (Å²) >= 11 is 1.76. The van der Waals surface area contributed by atoms with E-state index in [1.807, 2.05) is 12.1 Å². The van der Waals surface area contributed by atoms with Gasteiger partial charge >= 0.3 is 6.03 Å². The van der Waals surface area contributed by atoms with Crippen LogP contribution in [0.25, 0.3) is 0 Å². The number of carbonyl (C=O) groups is 1. The number of hydrogen-bond acceptors (Lipinski definition) is 4. The molecule has 2 unspecified atom stereocenters. The second-order valence-corrected chi connectivity index (χ2v) is 8.92. The lowest BCUT2D eigenvalue weighted by Crippen LogP contribution is -2.43. The Bertz CT molecular complexity index is 777. The van der Waals surface area contributed by atoms with Crippen molar-refractivity contribution in [1.82, 2.24) is 15.5 Å². The molecule has 1 aromatic carbocycles. The van der Waals surface area contributed by atoms with Crippen LogP contribution in [0.5, 0.6) is 0 Å². The van der Waals surface area contributed by atoms with Crippen molar-refractivity contribution in [3.63, 3.8) is 0 Å². The van der Waals surface area contributed by atoms with E-state index >= 15 is 0 Å². The van der Waals surface area contributed by atoms with E-state index in [1.54, 1.807) is 11.3 Å². The van der Waals surface area contributed by atoms with Gasteiger partial charge in [-0.1, -0.05) is 6.07 Å². The number of anilines is 1. The smallest absolute Gasteiger partial charge is 0.314 e. The molecule has 2 saturated heterocycles. The fourth-order valence-corrected chi connectivity index (χ4v) is 5.18. The molecule has 156 valence electrons. The van der Waals surface area contributed by atoms with Gasteiger partial charge in [-0.05, 0) is 74.0 Å². The molecule has 0 saturated carbocycles. The van der Waals surface area contributed by atoms with Gasteiger partial charge in [-0.15, -0.1) is 11.3 Å². The fraction of sp³-hybridized carbons (Fsp3) is 0.500. The highest BCUT2D eigenvalue weighted by atomic mass is 32.1. The second kappa shape index (κ2) is 9.59. The summed E-state index contributed by atoms with van der Waals surface area (Å²) in [5, 5.41) is 8.23. The molecule has 2 aliphatic heterocycles. The summed E-state index contributed by atoms with van der Waals surface area (Å²) in [5.41, 5.74) is 1.04. The van der Waals surface area contributed by atoms with Crippen LogP contribution < -0.4 is 15.5 Å². The average molecular weight is 417 g/mol. The zero-order valence-electron chi connectivity index (χ0n) is 16.6. The summed E-state index contributed by atoms with van der Waals surface area (Å²) in [7, 11) is 0. The minimum Gasteiger partial charge on any atom is -0.371 e. The summed E-state index contributed by atoms with van der Waals surface area (Å²) in [6, 6.07) is 11.1. The monoisotopic (exact) mass is 416 g/mol. The van der Waals surface area contributed by atoms with Crippen LogP contribution in [0.3, 0.4) is 0 Å². The molecule has 2 aliphatic rings. The van der Waals surface area contributed by atoms with Gasteiger partial charge in [0.1, 0.15) is 5.82 Å². The van der Waals surface area contributed by atoms with Crippen LogP contribution in [0.1, 0.15) is 30.2 Å². The van der Waals surface area contributed by atoms with Gasteiger partial charge in [-0.3, -0.25) is 4.90 Å². The Balaban J connectivity index is 1.22. The molecular weight excluding hydrogens is 387 g/mol. The first kappa shape index (κ1) is 20.2. The van der Waals surface area contributed by atoms with Gasteiger partial charge < -0.3 is 15.5 Å². The van der Waals surface area contributed by atoms with E-state index in [9.17, 15) is 9.18 Å². The normalized spacial score (nSPS) is 20.7. The van der Waals surface area contributed by atoms with Crippen LogP contribution in [0.2, 0.25) is 0 Å². The van der Waals surface area contributed by atoms with Gasteiger partial charge in [0.15, 0.2) is 0 Å². The maximum absolute atomic E-state index is 13.1. The Morgan fingerprint density at radius 1 is 1.14 bits per heavy atom. The molecule has 2 fully saturated rings. The van der Waals surface area contributed by atoms with Crippen molar-refractivity contribution >= 4 is 23.1 Å². The third-order valence-electron chi connectivity index (χ3n) is 5.94. The minimum absolute atomic E-state index is 0.0917. The highest BCUT2D eigenvalue weighted by Crippen LogP contribution is 2.28. The predicted molar refractivity (Wildman–Crippen MR) is 116 cm³/mol. The van der Waals surface area contributed by atoms with E-state index in [-0.39, 0.29) is 17.9 Å². The number of benzene rings is 1. The summed E-state index contributed by atoms with van der Waals surface area (Å²) < 4.78 is 13.1. The van der Waals surface area contributed by atoms with Gasteiger partial charge in [0.05, 0.1) is 6.04 Å². The van der Waals surface area contributed by atoms with Crippen LogP contribution in [-0.4, -0.2) is 50.2 Å². The van der Waals surface area contributed by atoms with Crippen molar-refractivity contribution in [2.24, 2.45) is 5.92 Å². The minimum atomic E-state index is -0.211. The molecule has 0 spiro atoms. The molecule has 2 aromatic rings. The summed E-state index contributed by atoms with van der Waals surface area (Å²) in [5.74, 6) is 0.204. The van der Waals surface area contributed by atoms with E-state index in [1.165, 1.54) is 29.9 Å². The number of thiophene rings is 1. The molecule has 5 nitrogen and oxygen atoms in total. The Morgan fingerprint density at radius 2 is 1.93 bits per heavy atom. The molecule has 7 heteroatoms. The molecule has 0 aliphatic carbocycles. The van der Waals surface area contributed by atoms with E-state index in [0.717, 1.165) is 38.3 Å². The van der Waals surface area contributed by atoms with Crippen molar-refractivity contribution in [3.8, 4) is 0 Å². The summed E-state index contributed by atoms with van der Waals surface area (Å²) in [6.07, 6.45) is 3.50. The zero-order valence-corrected chi connectivity index (χ0v) is 17.5. The van der Waals surface area contributed by atoms with Crippen LogP contribution in [0.15, 0.2) is 41.8 Å². The number of rotatable bonds is 7. The SMILES string of the molecule is O=C(NCC1CCN(c2ccc(F)cc2)C1)NCC(c1cccs1)N1CCCC1. The Morgan fingerprint density at radius 3 is 2.66 bits per heavy atom. The third kappa shape index (κ3) is 5.28. The van der Waals surface area contributed by atoms with Gasteiger partial charge in [-0.25, -0.2) is 9.18 Å². The van der Waals surface area contributed by atoms with Crippen LogP contribution in [0, 0.1) is 11.7 Å². The largest absolute Gasteiger partial charge is 0.371 e. The quantitative estimate of drug-likeness (QED) is 0.721. The Hall–Kier alpha value is -2.12. The number of urea groups is 1. The highest BCUT2D eigenvalue weighted by Gasteiger charge is 2.26. The van der Waals surface area contributed by atoms with Crippen molar-refractivity contribution in [2.45, 2.75) is 25.3 Å². The number of nitrogens with one attached hydrogen (secondary N) is 2. The highest BCUT2D eigenvalue weighted by molar-refractivity contribution is 7.10. The first-order chi connectivity index (χ1) is 14.2. The molecule has 29 heavy (non-hydrogen) atoms. The molecule has 3 heterocycles. The van der Waals surface area contributed by atoms with E-state index < -0.39 is 0 Å². The molecule has 0 bridgehead atoms. The van der Waals surface area contributed by atoms with Gasteiger partial charge in [0, 0.05) is 36.7 Å². The Kier molecular flexibility index (Phi) is 6.67. The zero-order chi connectivity index (χ0) is 20.1. The molecule has 4 rings (SSSR count). The number of likely N-dealkylation sites (tertiary alicyclic amines) is 1. The molecule has 0 radical (unpaired) electrons. The molecule has 2 atom stereocenters. The number of nitrogens with zero attached hydrogens (tertiary/aromatic N) is 2. The van der Waals surface area contributed by atoms with Gasteiger partial charge in [0.25, 0.3) is 0 Å². The van der Waals surface area contributed by atoms with Crippen molar-refractivity contribution in [2.75, 3.05) is 44.2 Å². The van der Waals surface area contributed by atoms with Crippen molar-refractivity contribution < 1.29 is 9.18 Å². The maximum Gasteiger partial charge on any atom is 0.314 e. The lowest BCUT2D eigenvalue weighted by molar-refractivity contribution is 0.221. The van der Waals surface area contributed by atoms with Crippen molar-refractivity contribution in [3.05, 3.63) is 52.5 Å². The Labute approximate surface area is 175 Å². The lowest BCUT2D eigenvalue weighted by atomic mass is 10.1. The fourth-order valence-electron chi connectivity index (χ4n) is 4.32. The number of hydrogen-bond donors (Lipinski definition) is 2. The van der Waals surface area contributed by atoms with Crippen LogP contribution in [0.4, 0.5) is 14.9 Å². The first-order valence-corrected chi connectivity index (χ1v) is 11.4. The summed E-state index contributed by atoms with van der Waals surface area (Å²) in [4.78, 5) is 18.4. The van der Waals surface area contributed by atoms with E-state index in [4.69, 9.17) is 0 Å². The number of halogens is 1. The lowest BCUT2D eigenvalue weighted by Gasteiger charge is -2.27. The summed E-state index contributed by atoms with van der Waals surface area (Å²) in [6.45, 7) is 5.34. The number of carbonyl (C=O) groups excluding carboxylic acids is 1. The second-order valence-electron chi connectivity index (χ2n) is 7.94. The molecule has 2 N–H and O–H groups in total. The molecular formula is C22H29FN4OS. The van der Waals surface area contributed by atoms with Crippen molar-refractivity contribution in [1.29, 1.82) is 0 Å². The standard InChI is InChI=1S/C22H29FN4OS/c23-18-5-7-19(8-6-18)27-12-9-17(16-27)14-24-22(28)25-15-20(21-4-3-13-29-21)26-10-1-2-11-26/h3-8,13,17,20H,1-2,9-12,14-16H2,(H2,24,25,28). The van der Waals surface area contributed by atoms with E-state index in [0.29, 0.717) is 19.0 Å². The number of amides is 2. The average Bonchev–Trinajstić information content (AvgIpc) is 3.50. The topological polar surface area (TPSA) is 47.6 Å². The molecule has 2 amide bonds. The predicted octanol–water partition coefficient (Wildman–Crippen LogP) is 3.85. The maximum atomic E-state index is 13.1.